The molecule has 0 saturated carbocycles. The van der Waals surface area contributed by atoms with E-state index in [1.807, 2.05) is 0 Å². The SMILES string of the molecule is CNC(=O)[C@@H]1CN(C(C)=O)CCN(C(=O)c2cnco2)C1. The maximum Gasteiger partial charge on any atom is 0.291 e. The number of carbonyl (C=O) groups is 3. The minimum atomic E-state index is -0.465. The third kappa shape index (κ3) is 3.39. The highest BCUT2D eigenvalue weighted by Gasteiger charge is 2.31. The number of hydrogen-bond donors (Lipinski definition) is 1. The molecule has 0 aliphatic carbocycles. The first kappa shape index (κ1) is 15.0. The fourth-order valence-electron chi connectivity index (χ4n) is 2.33. The van der Waals surface area contributed by atoms with Crippen molar-refractivity contribution < 1.29 is 18.8 Å². The molecule has 1 saturated heterocycles. The van der Waals surface area contributed by atoms with Gasteiger partial charge >= 0.3 is 0 Å². The van der Waals surface area contributed by atoms with E-state index in [1.165, 1.54) is 31.5 Å². The molecule has 1 aromatic heterocycles. The van der Waals surface area contributed by atoms with Gasteiger partial charge in [0.1, 0.15) is 0 Å². The summed E-state index contributed by atoms with van der Waals surface area (Å²) < 4.78 is 5.00. The third-order valence-corrected chi connectivity index (χ3v) is 3.51. The fourth-order valence-corrected chi connectivity index (χ4v) is 2.33. The maximum absolute atomic E-state index is 12.3. The number of amides is 3. The van der Waals surface area contributed by atoms with E-state index in [1.54, 1.807) is 4.90 Å². The van der Waals surface area contributed by atoms with Crippen molar-refractivity contribution in [3.63, 3.8) is 0 Å². The van der Waals surface area contributed by atoms with Gasteiger partial charge in [-0.15, -0.1) is 0 Å². The highest BCUT2D eigenvalue weighted by molar-refractivity contribution is 5.91. The molecule has 3 amide bonds. The van der Waals surface area contributed by atoms with Gasteiger partial charge in [0.25, 0.3) is 5.91 Å². The van der Waals surface area contributed by atoms with Gasteiger partial charge < -0.3 is 19.5 Å². The Hall–Kier alpha value is -2.38. The van der Waals surface area contributed by atoms with Crippen molar-refractivity contribution in [3.8, 4) is 0 Å². The van der Waals surface area contributed by atoms with E-state index >= 15 is 0 Å². The molecule has 2 rings (SSSR count). The van der Waals surface area contributed by atoms with Crippen molar-refractivity contribution >= 4 is 17.7 Å². The van der Waals surface area contributed by atoms with E-state index in [-0.39, 0.29) is 30.0 Å². The molecule has 1 fully saturated rings. The molecule has 1 aromatic rings. The molecule has 114 valence electrons. The lowest BCUT2D eigenvalue weighted by atomic mass is 10.1. The predicted octanol–water partition coefficient (Wildman–Crippen LogP) is -0.659. The Kier molecular flexibility index (Phi) is 4.56. The monoisotopic (exact) mass is 294 g/mol. The summed E-state index contributed by atoms with van der Waals surface area (Å²) in [7, 11) is 1.54. The van der Waals surface area contributed by atoms with E-state index in [9.17, 15) is 14.4 Å². The second kappa shape index (κ2) is 6.38. The van der Waals surface area contributed by atoms with E-state index in [4.69, 9.17) is 4.42 Å². The number of nitrogens with one attached hydrogen (secondary N) is 1. The number of hydrogen-bond acceptors (Lipinski definition) is 5. The van der Waals surface area contributed by atoms with Crippen LogP contribution in [-0.4, -0.2) is 65.7 Å². The Bertz CT molecular complexity index is 528. The van der Waals surface area contributed by atoms with Gasteiger partial charge in [-0.2, -0.15) is 0 Å². The van der Waals surface area contributed by atoms with Crippen molar-refractivity contribution in [2.24, 2.45) is 5.92 Å². The molecule has 1 N–H and O–H groups in total. The van der Waals surface area contributed by atoms with Crippen LogP contribution >= 0.6 is 0 Å². The van der Waals surface area contributed by atoms with Gasteiger partial charge in [-0.3, -0.25) is 14.4 Å². The Morgan fingerprint density at radius 2 is 1.95 bits per heavy atom. The Balaban J connectivity index is 2.17. The van der Waals surface area contributed by atoms with Crippen LogP contribution in [0.2, 0.25) is 0 Å². The molecule has 0 spiro atoms. The molecule has 8 nitrogen and oxygen atoms in total. The summed E-state index contributed by atoms with van der Waals surface area (Å²) in [6, 6.07) is 0. The van der Waals surface area contributed by atoms with E-state index in [0.29, 0.717) is 19.6 Å². The number of nitrogens with zero attached hydrogens (tertiary/aromatic N) is 3. The van der Waals surface area contributed by atoms with Crippen LogP contribution in [0.1, 0.15) is 17.5 Å². The summed E-state index contributed by atoms with van der Waals surface area (Å²) in [6.45, 7) is 2.74. The molecule has 0 bridgehead atoms. The van der Waals surface area contributed by atoms with Gasteiger partial charge in [-0.05, 0) is 0 Å². The molecule has 1 atom stereocenters. The Morgan fingerprint density at radius 3 is 2.52 bits per heavy atom. The quantitative estimate of drug-likeness (QED) is 0.781. The van der Waals surface area contributed by atoms with E-state index < -0.39 is 5.92 Å². The average Bonchev–Trinajstić information content (AvgIpc) is 2.91. The first-order valence-electron chi connectivity index (χ1n) is 6.67. The van der Waals surface area contributed by atoms with E-state index in [2.05, 4.69) is 10.3 Å². The number of rotatable bonds is 2. The third-order valence-electron chi connectivity index (χ3n) is 3.51. The first-order valence-corrected chi connectivity index (χ1v) is 6.67. The number of oxazole rings is 1. The molecule has 8 heteroatoms. The van der Waals surface area contributed by atoms with Crippen molar-refractivity contribution in [1.29, 1.82) is 0 Å². The van der Waals surface area contributed by atoms with Crippen LogP contribution in [-0.2, 0) is 9.59 Å². The highest BCUT2D eigenvalue weighted by Crippen LogP contribution is 2.13. The Morgan fingerprint density at radius 1 is 1.29 bits per heavy atom. The molecule has 1 aliphatic rings. The second-order valence-corrected chi connectivity index (χ2v) is 4.89. The minimum Gasteiger partial charge on any atom is -0.438 e. The van der Waals surface area contributed by atoms with Crippen LogP contribution in [0.5, 0.6) is 0 Å². The van der Waals surface area contributed by atoms with Crippen LogP contribution in [0, 0.1) is 5.92 Å². The number of carbonyl (C=O) groups excluding carboxylic acids is 3. The summed E-state index contributed by atoms with van der Waals surface area (Å²) in [6.07, 6.45) is 2.52. The predicted molar refractivity (Wildman–Crippen MR) is 72.2 cm³/mol. The molecule has 0 unspecified atom stereocenters. The topological polar surface area (TPSA) is 95.8 Å². The lowest BCUT2D eigenvalue weighted by Gasteiger charge is -2.22. The van der Waals surface area contributed by atoms with Gasteiger partial charge in [0.2, 0.25) is 17.6 Å². The zero-order valence-electron chi connectivity index (χ0n) is 12.0. The molecule has 0 aromatic carbocycles. The smallest absolute Gasteiger partial charge is 0.291 e. The van der Waals surface area contributed by atoms with Crippen molar-refractivity contribution in [2.75, 3.05) is 33.2 Å². The van der Waals surface area contributed by atoms with E-state index in [0.717, 1.165) is 0 Å². The molecule has 0 radical (unpaired) electrons. The molecular formula is C13H18N4O4. The van der Waals surface area contributed by atoms with Crippen molar-refractivity contribution in [1.82, 2.24) is 20.1 Å². The van der Waals surface area contributed by atoms with Gasteiger partial charge in [0.15, 0.2) is 6.39 Å². The molecular weight excluding hydrogens is 276 g/mol. The van der Waals surface area contributed by atoms with Crippen LogP contribution in [0.4, 0.5) is 0 Å². The lowest BCUT2D eigenvalue weighted by Crippen LogP contribution is -2.42. The van der Waals surface area contributed by atoms with Crippen LogP contribution < -0.4 is 5.32 Å². The van der Waals surface area contributed by atoms with Crippen molar-refractivity contribution in [2.45, 2.75) is 6.92 Å². The summed E-state index contributed by atoms with van der Waals surface area (Å²) in [5.74, 6) is -0.974. The van der Waals surface area contributed by atoms with Crippen molar-refractivity contribution in [3.05, 3.63) is 18.4 Å². The lowest BCUT2D eigenvalue weighted by molar-refractivity contribution is -0.130. The minimum absolute atomic E-state index is 0.113. The fraction of sp³-hybridized carbons (Fsp3) is 0.538. The summed E-state index contributed by atoms with van der Waals surface area (Å²) >= 11 is 0. The molecule has 1 aliphatic heterocycles. The standard InChI is InChI=1S/C13H18N4O4/c1-9(18)16-3-4-17(7-10(6-16)12(19)14-2)13(20)11-5-15-8-21-11/h5,8,10H,3-4,6-7H2,1-2H3,(H,14,19)/t10-/m1/s1. The number of aromatic nitrogens is 1. The Labute approximate surface area is 122 Å². The zero-order valence-corrected chi connectivity index (χ0v) is 12.0. The van der Waals surface area contributed by atoms with Crippen LogP contribution in [0.3, 0.4) is 0 Å². The zero-order chi connectivity index (χ0) is 15.4. The van der Waals surface area contributed by atoms with Gasteiger partial charge in [-0.25, -0.2) is 4.98 Å². The maximum atomic E-state index is 12.3. The summed E-state index contributed by atoms with van der Waals surface area (Å²) in [5.41, 5.74) is 0. The molecule has 2 heterocycles. The van der Waals surface area contributed by atoms with Gasteiger partial charge in [0, 0.05) is 40.2 Å². The van der Waals surface area contributed by atoms with Crippen LogP contribution in [0.25, 0.3) is 0 Å². The second-order valence-electron chi connectivity index (χ2n) is 4.89. The van der Waals surface area contributed by atoms with Gasteiger partial charge in [0.05, 0.1) is 12.1 Å². The average molecular weight is 294 g/mol. The summed E-state index contributed by atoms with van der Waals surface area (Å²) in [4.78, 5) is 42.6. The summed E-state index contributed by atoms with van der Waals surface area (Å²) in [5, 5.41) is 2.57. The van der Waals surface area contributed by atoms with Gasteiger partial charge in [-0.1, -0.05) is 0 Å². The largest absolute Gasteiger partial charge is 0.438 e. The van der Waals surface area contributed by atoms with Crippen LogP contribution in [0.15, 0.2) is 17.0 Å². The molecule has 21 heavy (non-hydrogen) atoms. The first-order chi connectivity index (χ1) is 10.0. The normalized spacial score (nSPS) is 19.0. The highest BCUT2D eigenvalue weighted by atomic mass is 16.3.